The Balaban J connectivity index is 1.50. The van der Waals surface area contributed by atoms with Gasteiger partial charge in [-0.3, -0.25) is 0 Å². The van der Waals surface area contributed by atoms with Gasteiger partial charge in [-0.25, -0.2) is 0 Å². The molecular formula is C36H31N. The number of benzene rings is 4. The monoisotopic (exact) mass is 477 g/mol. The summed E-state index contributed by atoms with van der Waals surface area (Å²) in [6.07, 6.45) is 13.3. The molecule has 0 aliphatic heterocycles. The van der Waals surface area contributed by atoms with E-state index in [-0.39, 0.29) is 5.41 Å². The molecule has 0 fully saturated rings. The molecule has 6 rings (SSSR count). The second kappa shape index (κ2) is 9.59. The summed E-state index contributed by atoms with van der Waals surface area (Å²) in [4.78, 5) is 0. The Bertz CT molecular complexity index is 1550. The molecule has 1 nitrogen and oxygen atoms in total. The van der Waals surface area contributed by atoms with E-state index >= 15 is 0 Å². The van der Waals surface area contributed by atoms with Crippen molar-refractivity contribution in [1.29, 1.82) is 0 Å². The van der Waals surface area contributed by atoms with Crippen LogP contribution in [0.15, 0.2) is 140 Å². The van der Waals surface area contributed by atoms with Crippen LogP contribution in [0, 0.1) is 0 Å². The average molecular weight is 478 g/mol. The molecule has 0 spiro atoms. The minimum Gasteiger partial charge on any atom is -0.356 e. The number of hydrogen-bond acceptors (Lipinski definition) is 1. The molecule has 0 bridgehead atoms. The van der Waals surface area contributed by atoms with Crippen molar-refractivity contribution < 1.29 is 0 Å². The molecule has 0 radical (unpaired) electrons. The topological polar surface area (TPSA) is 12.0 Å². The van der Waals surface area contributed by atoms with Crippen molar-refractivity contribution in [3.63, 3.8) is 0 Å². The fraction of sp³-hybridized carbons (Fsp3) is 0.111. The Kier molecular flexibility index (Phi) is 5.98. The summed E-state index contributed by atoms with van der Waals surface area (Å²) in [6, 6.07) is 35.4. The zero-order chi connectivity index (χ0) is 25.2. The van der Waals surface area contributed by atoms with Crippen molar-refractivity contribution in [1.82, 2.24) is 0 Å². The second-order valence-corrected chi connectivity index (χ2v) is 9.71. The van der Waals surface area contributed by atoms with Gasteiger partial charge in [-0.15, -0.1) is 0 Å². The normalized spacial score (nSPS) is 18.1. The minimum atomic E-state index is -0.337. The Morgan fingerprint density at radius 2 is 1.51 bits per heavy atom. The number of hydrogen-bond donors (Lipinski definition) is 1. The van der Waals surface area contributed by atoms with E-state index in [0.717, 1.165) is 29.8 Å². The van der Waals surface area contributed by atoms with Crippen molar-refractivity contribution in [2.45, 2.75) is 25.2 Å². The van der Waals surface area contributed by atoms with Gasteiger partial charge in [0.05, 0.1) is 5.41 Å². The van der Waals surface area contributed by atoms with Crippen molar-refractivity contribution in [3.8, 4) is 11.1 Å². The maximum atomic E-state index is 3.93. The second-order valence-electron chi connectivity index (χ2n) is 9.71. The molecule has 37 heavy (non-hydrogen) atoms. The average Bonchev–Trinajstić information content (AvgIpc) is 3.26. The number of nitrogens with one attached hydrogen (secondary N) is 1. The summed E-state index contributed by atoms with van der Waals surface area (Å²) in [5, 5.41) is 3.67. The lowest BCUT2D eigenvalue weighted by Crippen LogP contribution is -2.29. The van der Waals surface area contributed by atoms with Gasteiger partial charge in [0.2, 0.25) is 0 Å². The van der Waals surface area contributed by atoms with Crippen LogP contribution in [0.1, 0.15) is 42.0 Å². The first-order chi connectivity index (χ1) is 18.3. The number of allylic oxidation sites excluding steroid dienone is 7. The van der Waals surface area contributed by atoms with Crippen molar-refractivity contribution in [2.75, 3.05) is 5.32 Å². The van der Waals surface area contributed by atoms with Crippen LogP contribution in [0.4, 0.5) is 11.4 Å². The number of rotatable bonds is 6. The summed E-state index contributed by atoms with van der Waals surface area (Å²) in [5.74, 6) is 0. The SMILES string of the molecule is C=C/C(=C\C)c1ccc(Nc2ccc3c(c2)C(C2=CCCC=C2)(c2ccccc2)c2ccccc2-3)cc1. The maximum absolute atomic E-state index is 3.93. The van der Waals surface area contributed by atoms with Gasteiger partial charge in [-0.05, 0) is 88.6 Å². The van der Waals surface area contributed by atoms with Crippen molar-refractivity contribution >= 4 is 16.9 Å². The van der Waals surface area contributed by atoms with Crippen LogP contribution in [-0.4, -0.2) is 0 Å². The van der Waals surface area contributed by atoms with E-state index in [0.29, 0.717) is 0 Å². The van der Waals surface area contributed by atoms with Crippen LogP contribution in [0.25, 0.3) is 16.7 Å². The highest BCUT2D eigenvalue weighted by Gasteiger charge is 2.46. The van der Waals surface area contributed by atoms with Crippen LogP contribution < -0.4 is 5.32 Å². The lowest BCUT2D eigenvalue weighted by atomic mass is 9.66. The predicted molar refractivity (Wildman–Crippen MR) is 158 cm³/mol. The van der Waals surface area contributed by atoms with Gasteiger partial charge < -0.3 is 5.32 Å². The molecule has 4 aromatic carbocycles. The Morgan fingerprint density at radius 1 is 0.784 bits per heavy atom. The first-order valence-corrected chi connectivity index (χ1v) is 13.1. The lowest BCUT2D eigenvalue weighted by Gasteiger charge is -2.35. The molecule has 2 aliphatic carbocycles. The number of anilines is 2. The lowest BCUT2D eigenvalue weighted by molar-refractivity contribution is 0.752. The van der Waals surface area contributed by atoms with Crippen LogP contribution in [0.2, 0.25) is 0 Å². The minimum absolute atomic E-state index is 0.337. The van der Waals surface area contributed by atoms with Gasteiger partial charge in [0, 0.05) is 11.4 Å². The van der Waals surface area contributed by atoms with E-state index in [1.807, 2.05) is 13.0 Å². The molecule has 0 aromatic heterocycles. The summed E-state index contributed by atoms with van der Waals surface area (Å²) >= 11 is 0. The van der Waals surface area contributed by atoms with Crippen LogP contribution >= 0.6 is 0 Å². The molecule has 2 aliphatic rings. The molecule has 1 unspecified atom stereocenters. The standard InChI is InChI=1S/C36H31N/c1-3-26(4-2)27-19-21-30(22-20-27)37-31-23-24-33-32-17-11-12-18-34(32)36(35(33)25-31,28-13-7-5-8-14-28)29-15-9-6-10-16-29/h3-5,7-9,11-25,37H,1,6,10H2,2H3/b26-4+. The fourth-order valence-electron chi connectivity index (χ4n) is 6.04. The third-order valence-corrected chi connectivity index (χ3v) is 7.72. The molecule has 180 valence electrons. The van der Waals surface area contributed by atoms with Crippen LogP contribution in [-0.2, 0) is 5.41 Å². The molecule has 0 heterocycles. The van der Waals surface area contributed by atoms with Crippen molar-refractivity contribution in [3.05, 3.63) is 162 Å². The molecular weight excluding hydrogens is 446 g/mol. The predicted octanol–water partition coefficient (Wildman–Crippen LogP) is 9.61. The molecule has 0 saturated heterocycles. The quantitative estimate of drug-likeness (QED) is 0.273. The van der Waals surface area contributed by atoms with Gasteiger partial charge in [-0.2, -0.15) is 0 Å². The molecule has 0 amide bonds. The summed E-state index contributed by atoms with van der Waals surface area (Å²) in [5.41, 5.74) is 12.1. The summed E-state index contributed by atoms with van der Waals surface area (Å²) < 4.78 is 0. The van der Waals surface area contributed by atoms with Gasteiger partial charge in [0.25, 0.3) is 0 Å². The third-order valence-electron chi connectivity index (χ3n) is 7.72. The Labute approximate surface area is 220 Å². The fourth-order valence-corrected chi connectivity index (χ4v) is 6.04. The molecule has 0 saturated carbocycles. The zero-order valence-corrected chi connectivity index (χ0v) is 21.2. The Morgan fingerprint density at radius 3 is 2.24 bits per heavy atom. The Hall–Kier alpha value is -4.36. The third kappa shape index (κ3) is 3.79. The van der Waals surface area contributed by atoms with E-state index in [4.69, 9.17) is 0 Å². The van der Waals surface area contributed by atoms with E-state index in [1.165, 1.54) is 39.0 Å². The first-order valence-electron chi connectivity index (χ1n) is 13.1. The van der Waals surface area contributed by atoms with Gasteiger partial charge >= 0.3 is 0 Å². The van der Waals surface area contributed by atoms with Crippen LogP contribution in [0.5, 0.6) is 0 Å². The van der Waals surface area contributed by atoms with Gasteiger partial charge in [-0.1, -0.05) is 110 Å². The molecule has 1 atom stereocenters. The maximum Gasteiger partial charge on any atom is 0.0711 e. The van der Waals surface area contributed by atoms with Crippen molar-refractivity contribution in [2.24, 2.45) is 0 Å². The molecule has 4 aromatic rings. The van der Waals surface area contributed by atoms with E-state index < -0.39 is 0 Å². The van der Waals surface area contributed by atoms with Crippen LogP contribution in [0.3, 0.4) is 0 Å². The highest BCUT2D eigenvalue weighted by Crippen LogP contribution is 2.57. The first kappa shape index (κ1) is 23.1. The van der Waals surface area contributed by atoms with Gasteiger partial charge in [0.15, 0.2) is 0 Å². The highest BCUT2D eigenvalue weighted by atomic mass is 14.9. The summed E-state index contributed by atoms with van der Waals surface area (Å²) in [6.45, 7) is 5.98. The number of fused-ring (bicyclic) bond motifs is 3. The molecule has 1 heteroatoms. The van der Waals surface area contributed by atoms with E-state index in [9.17, 15) is 0 Å². The van der Waals surface area contributed by atoms with E-state index in [1.54, 1.807) is 0 Å². The zero-order valence-electron chi connectivity index (χ0n) is 21.2. The highest BCUT2D eigenvalue weighted by molar-refractivity contribution is 5.88. The molecule has 1 N–H and O–H groups in total. The van der Waals surface area contributed by atoms with E-state index in [2.05, 4.69) is 133 Å². The van der Waals surface area contributed by atoms with Gasteiger partial charge in [0.1, 0.15) is 0 Å². The largest absolute Gasteiger partial charge is 0.356 e. The smallest absolute Gasteiger partial charge is 0.0711 e. The summed E-state index contributed by atoms with van der Waals surface area (Å²) in [7, 11) is 0.